The molecule has 0 aliphatic heterocycles. The Bertz CT molecular complexity index is 538. The predicted octanol–water partition coefficient (Wildman–Crippen LogP) is 2.62. The van der Waals surface area contributed by atoms with E-state index in [1.165, 1.54) is 4.70 Å². The van der Waals surface area contributed by atoms with Crippen molar-refractivity contribution in [3.8, 4) is 0 Å². The Morgan fingerprint density at radius 2 is 2.33 bits per heavy atom. The molecule has 0 amide bonds. The van der Waals surface area contributed by atoms with E-state index in [4.69, 9.17) is 10.9 Å². The molecular formula is C12H16N4OS. The van der Waals surface area contributed by atoms with Crippen molar-refractivity contribution in [2.45, 2.75) is 19.3 Å². The van der Waals surface area contributed by atoms with E-state index in [0.717, 1.165) is 30.6 Å². The molecule has 4 N–H and O–H groups in total. The SMILES string of the molecule is N/C(CCCCNc1ccc2ncsc2c1)=N/O. The largest absolute Gasteiger partial charge is 0.409 e. The number of anilines is 1. The highest BCUT2D eigenvalue weighted by atomic mass is 32.1. The van der Waals surface area contributed by atoms with E-state index < -0.39 is 0 Å². The van der Waals surface area contributed by atoms with Crippen LogP contribution in [0.4, 0.5) is 5.69 Å². The fraction of sp³-hybridized carbons (Fsp3) is 0.333. The average molecular weight is 264 g/mol. The molecule has 2 rings (SSSR count). The molecule has 0 aliphatic carbocycles. The minimum atomic E-state index is 0.293. The second kappa shape index (κ2) is 6.20. The Balaban J connectivity index is 1.76. The number of benzene rings is 1. The van der Waals surface area contributed by atoms with Gasteiger partial charge < -0.3 is 16.3 Å². The van der Waals surface area contributed by atoms with Gasteiger partial charge >= 0.3 is 0 Å². The zero-order valence-corrected chi connectivity index (χ0v) is 10.8. The van der Waals surface area contributed by atoms with Crippen molar-refractivity contribution < 1.29 is 5.21 Å². The molecule has 0 saturated carbocycles. The summed E-state index contributed by atoms with van der Waals surface area (Å²) in [5.41, 5.74) is 9.39. The fourth-order valence-electron chi connectivity index (χ4n) is 1.68. The first kappa shape index (κ1) is 12.6. The van der Waals surface area contributed by atoms with E-state index in [-0.39, 0.29) is 0 Å². The van der Waals surface area contributed by atoms with Crippen molar-refractivity contribution in [2.75, 3.05) is 11.9 Å². The van der Waals surface area contributed by atoms with Crippen LogP contribution in [0.3, 0.4) is 0 Å². The molecule has 5 nitrogen and oxygen atoms in total. The Kier molecular flexibility index (Phi) is 4.35. The summed E-state index contributed by atoms with van der Waals surface area (Å²) in [4.78, 5) is 4.24. The van der Waals surface area contributed by atoms with Crippen LogP contribution >= 0.6 is 11.3 Å². The monoisotopic (exact) mass is 264 g/mol. The van der Waals surface area contributed by atoms with Gasteiger partial charge in [0, 0.05) is 18.7 Å². The molecule has 6 heteroatoms. The highest BCUT2D eigenvalue weighted by molar-refractivity contribution is 7.16. The van der Waals surface area contributed by atoms with Gasteiger partial charge in [-0.2, -0.15) is 0 Å². The smallest absolute Gasteiger partial charge is 0.139 e. The maximum absolute atomic E-state index is 8.39. The first-order chi connectivity index (χ1) is 8.79. The van der Waals surface area contributed by atoms with Gasteiger partial charge in [0.25, 0.3) is 0 Å². The summed E-state index contributed by atoms with van der Waals surface area (Å²) in [6.07, 6.45) is 2.52. The summed E-state index contributed by atoms with van der Waals surface area (Å²) in [5, 5.41) is 14.7. The normalized spacial score (nSPS) is 11.9. The Labute approximate surface area is 109 Å². The molecule has 18 heavy (non-hydrogen) atoms. The lowest BCUT2D eigenvalue weighted by Crippen LogP contribution is -2.11. The van der Waals surface area contributed by atoms with E-state index in [0.29, 0.717) is 12.3 Å². The van der Waals surface area contributed by atoms with Crippen LogP contribution in [0.15, 0.2) is 28.9 Å². The quantitative estimate of drug-likeness (QED) is 0.246. The molecule has 0 fully saturated rings. The minimum absolute atomic E-state index is 0.293. The summed E-state index contributed by atoms with van der Waals surface area (Å²) < 4.78 is 1.19. The molecule has 1 aromatic carbocycles. The van der Waals surface area contributed by atoms with Gasteiger partial charge in [-0.05, 0) is 31.0 Å². The van der Waals surface area contributed by atoms with Gasteiger partial charge in [0.15, 0.2) is 0 Å². The standard InChI is InChI=1S/C12H16N4OS/c13-12(16-17)3-1-2-6-14-9-4-5-10-11(7-9)18-8-15-10/h4-5,7-8,14,17H,1-3,6H2,(H2,13,16). The van der Waals surface area contributed by atoms with E-state index in [2.05, 4.69) is 21.5 Å². The molecule has 1 heterocycles. The van der Waals surface area contributed by atoms with Crippen molar-refractivity contribution in [1.82, 2.24) is 4.98 Å². The van der Waals surface area contributed by atoms with E-state index in [1.54, 1.807) is 11.3 Å². The summed E-state index contributed by atoms with van der Waals surface area (Å²) in [7, 11) is 0. The first-order valence-corrected chi connectivity index (χ1v) is 6.71. The number of oxime groups is 1. The number of fused-ring (bicyclic) bond motifs is 1. The molecule has 0 radical (unpaired) electrons. The third kappa shape index (κ3) is 3.33. The Morgan fingerprint density at radius 3 is 3.17 bits per heavy atom. The maximum atomic E-state index is 8.39. The van der Waals surface area contributed by atoms with Crippen LogP contribution < -0.4 is 11.1 Å². The molecule has 96 valence electrons. The highest BCUT2D eigenvalue weighted by Gasteiger charge is 1.98. The van der Waals surface area contributed by atoms with Crippen LogP contribution in [-0.2, 0) is 0 Å². The van der Waals surface area contributed by atoms with Crippen LogP contribution in [-0.4, -0.2) is 22.6 Å². The van der Waals surface area contributed by atoms with Gasteiger partial charge in [-0.25, -0.2) is 4.98 Å². The van der Waals surface area contributed by atoms with Crippen LogP contribution in [0, 0.1) is 0 Å². The number of nitrogens with one attached hydrogen (secondary N) is 1. The van der Waals surface area contributed by atoms with E-state index in [9.17, 15) is 0 Å². The molecule has 0 unspecified atom stereocenters. The highest BCUT2D eigenvalue weighted by Crippen LogP contribution is 2.21. The van der Waals surface area contributed by atoms with Crippen molar-refractivity contribution in [3.63, 3.8) is 0 Å². The van der Waals surface area contributed by atoms with Gasteiger partial charge in [-0.1, -0.05) is 5.16 Å². The predicted molar refractivity (Wildman–Crippen MR) is 75.4 cm³/mol. The number of hydrogen-bond donors (Lipinski definition) is 3. The second-order valence-electron chi connectivity index (χ2n) is 4.01. The van der Waals surface area contributed by atoms with Crippen molar-refractivity contribution in [2.24, 2.45) is 10.9 Å². The van der Waals surface area contributed by atoms with E-state index >= 15 is 0 Å². The Hall–Kier alpha value is -1.82. The molecule has 2 aromatic rings. The topological polar surface area (TPSA) is 83.5 Å². The van der Waals surface area contributed by atoms with Crippen molar-refractivity contribution in [3.05, 3.63) is 23.7 Å². The number of nitrogens with two attached hydrogens (primary N) is 1. The van der Waals surface area contributed by atoms with Gasteiger partial charge in [0.1, 0.15) is 5.84 Å². The molecule has 0 bridgehead atoms. The summed E-state index contributed by atoms with van der Waals surface area (Å²) >= 11 is 1.64. The number of amidine groups is 1. The average Bonchev–Trinajstić information content (AvgIpc) is 2.85. The van der Waals surface area contributed by atoms with Gasteiger partial charge in [0.05, 0.1) is 15.7 Å². The third-order valence-corrected chi connectivity index (χ3v) is 3.44. The number of hydrogen-bond acceptors (Lipinski definition) is 5. The number of rotatable bonds is 6. The zero-order chi connectivity index (χ0) is 12.8. The lowest BCUT2D eigenvalue weighted by atomic mass is 10.2. The molecular weight excluding hydrogens is 248 g/mol. The lowest BCUT2D eigenvalue weighted by Gasteiger charge is -2.05. The van der Waals surface area contributed by atoms with Crippen molar-refractivity contribution >= 4 is 33.1 Å². The van der Waals surface area contributed by atoms with Crippen LogP contribution in [0.5, 0.6) is 0 Å². The minimum Gasteiger partial charge on any atom is -0.409 e. The van der Waals surface area contributed by atoms with Crippen LogP contribution in [0.2, 0.25) is 0 Å². The zero-order valence-electron chi connectivity index (χ0n) is 9.97. The van der Waals surface area contributed by atoms with Gasteiger partial charge in [-0.15, -0.1) is 11.3 Å². The van der Waals surface area contributed by atoms with Crippen molar-refractivity contribution in [1.29, 1.82) is 0 Å². The van der Waals surface area contributed by atoms with Gasteiger partial charge in [0.2, 0.25) is 0 Å². The molecule has 0 aliphatic rings. The first-order valence-electron chi connectivity index (χ1n) is 5.83. The molecule has 0 saturated heterocycles. The van der Waals surface area contributed by atoms with Crippen LogP contribution in [0.1, 0.15) is 19.3 Å². The third-order valence-electron chi connectivity index (χ3n) is 2.65. The number of nitrogens with zero attached hydrogens (tertiary/aromatic N) is 2. The molecule has 1 aromatic heterocycles. The number of thiazole rings is 1. The lowest BCUT2D eigenvalue weighted by molar-refractivity contribution is 0.316. The summed E-state index contributed by atoms with van der Waals surface area (Å²) in [6, 6.07) is 6.16. The van der Waals surface area contributed by atoms with E-state index in [1.807, 2.05) is 17.6 Å². The molecule has 0 spiro atoms. The second-order valence-corrected chi connectivity index (χ2v) is 4.90. The van der Waals surface area contributed by atoms with Gasteiger partial charge in [-0.3, -0.25) is 0 Å². The Morgan fingerprint density at radius 1 is 1.44 bits per heavy atom. The molecule has 0 atom stereocenters. The fourth-order valence-corrected chi connectivity index (χ4v) is 2.40. The number of unbranched alkanes of at least 4 members (excludes halogenated alkanes) is 1. The van der Waals surface area contributed by atoms with Crippen LogP contribution in [0.25, 0.3) is 10.2 Å². The summed E-state index contributed by atoms with van der Waals surface area (Å²) in [6.45, 7) is 0.878. The number of aromatic nitrogens is 1. The maximum Gasteiger partial charge on any atom is 0.139 e. The summed E-state index contributed by atoms with van der Waals surface area (Å²) in [5.74, 6) is 0.293.